The maximum absolute atomic E-state index is 10.3. The van der Waals surface area contributed by atoms with E-state index in [0.29, 0.717) is 0 Å². The highest BCUT2D eigenvalue weighted by molar-refractivity contribution is 8.00. The number of carboxylic acid groups (broad SMARTS) is 1. The summed E-state index contributed by atoms with van der Waals surface area (Å²) in [7, 11) is 0. The molecule has 1 heterocycles. The molecular formula is C8H14O7S. The lowest BCUT2D eigenvalue weighted by Crippen LogP contribution is -2.57. The first-order valence-corrected chi connectivity index (χ1v) is 5.66. The fraction of sp³-hybridized carbons (Fsp3) is 0.875. The van der Waals surface area contributed by atoms with E-state index in [0.717, 1.165) is 11.8 Å². The van der Waals surface area contributed by atoms with Crippen molar-refractivity contribution in [1.82, 2.24) is 0 Å². The van der Waals surface area contributed by atoms with Crippen LogP contribution < -0.4 is 0 Å². The lowest BCUT2D eigenvalue weighted by Gasteiger charge is -2.39. The van der Waals surface area contributed by atoms with Gasteiger partial charge in [0.25, 0.3) is 0 Å². The van der Waals surface area contributed by atoms with E-state index in [9.17, 15) is 20.1 Å². The Balaban J connectivity index is 2.60. The van der Waals surface area contributed by atoms with Gasteiger partial charge in [-0.25, -0.2) is 0 Å². The van der Waals surface area contributed by atoms with Gasteiger partial charge in [0.2, 0.25) is 0 Å². The van der Waals surface area contributed by atoms with E-state index in [1.165, 1.54) is 0 Å². The van der Waals surface area contributed by atoms with Crippen molar-refractivity contribution in [1.29, 1.82) is 0 Å². The Labute approximate surface area is 95.7 Å². The van der Waals surface area contributed by atoms with Crippen molar-refractivity contribution in [3.05, 3.63) is 0 Å². The van der Waals surface area contributed by atoms with Gasteiger partial charge in [0, 0.05) is 0 Å². The molecule has 0 aromatic carbocycles. The van der Waals surface area contributed by atoms with Gasteiger partial charge in [-0.3, -0.25) is 4.79 Å². The van der Waals surface area contributed by atoms with Crippen LogP contribution in [0, 0.1) is 0 Å². The highest BCUT2D eigenvalue weighted by Crippen LogP contribution is 2.28. The van der Waals surface area contributed by atoms with Crippen molar-refractivity contribution in [2.45, 2.75) is 29.9 Å². The van der Waals surface area contributed by atoms with Crippen LogP contribution in [0.1, 0.15) is 0 Å². The Kier molecular flexibility index (Phi) is 4.96. The standard InChI is InChI=1S/C8H14O7S/c9-1-3-5(12)6(13)7(14)8(15-3)16-2-4(10)11/h3,5-9,12-14H,1-2H2,(H,10,11)/t3-,5-,6+,7+,8-/m1/s1. The first-order valence-electron chi connectivity index (χ1n) is 4.61. The largest absolute Gasteiger partial charge is 0.481 e. The molecule has 5 atom stereocenters. The van der Waals surface area contributed by atoms with Crippen molar-refractivity contribution < 1.29 is 35.1 Å². The van der Waals surface area contributed by atoms with Crippen LogP contribution in [0.3, 0.4) is 0 Å². The van der Waals surface area contributed by atoms with E-state index >= 15 is 0 Å². The van der Waals surface area contributed by atoms with Crippen LogP contribution in [0.25, 0.3) is 0 Å². The van der Waals surface area contributed by atoms with Gasteiger partial charge >= 0.3 is 5.97 Å². The zero-order valence-electron chi connectivity index (χ0n) is 8.26. The summed E-state index contributed by atoms with van der Waals surface area (Å²) in [5, 5.41) is 45.6. The molecule has 0 radical (unpaired) electrons. The zero-order valence-corrected chi connectivity index (χ0v) is 9.08. The maximum Gasteiger partial charge on any atom is 0.313 e. The summed E-state index contributed by atoms with van der Waals surface area (Å²) in [6.45, 7) is -0.519. The molecule has 1 rings (SSSR count). The summed E-state index contributed by atoms with van der Waals surface area (Å²) < 4.78 is 5.07. The van der Waals surface area contributed by atoms with Crippen LogP contribution >= 0.6 is 11.8 Å². The number of aliphatic hydroxyl groups excluding tert-OH is 4. The maximum atomic E-state index is 10.3. The molecule has 0 amide bonds. The number of ether oxygens (including phenoxy) is 1. The van der Waals surface area contributed by atoms with Crippen LogP contribution in [-0.2, 0) is 9.53 Å². The Morgan fingerprint density at radius 1 is 1.19 bits per heavy atom. The number of aliphatic hydroxyl groups is 4. The van der Waals surface area contributed by atoms with Crippen molar-refractivity contribution in [3.63, 3.8) is 0 Å². The average Bonchev–Trinajstić information content (AvgIpc) is 2.25. The van der Waals surface area contributed by atoms with Crippen molar-refractivity contribution >= 4 is 17.7 Å². The molecule has 0 aromatic heterocycles. The van der Waals surface area contributed by atoms with Gasteiger partial charge in [-0.1, -0.05) is 0 Å². The first-order chi connectivity index (χ1) is 7.47. The lowest BCUT2D eigenvalue weighted by atomic mass is 10.0. The van der Waals surface area contributed by atoms with Gasteiger partial charge in [-0.2, -0.15) is 0 Å². The molecule has 0 aliphatic carbocycles. The molecular weight excluding hydrogens is 240 g/mol. The van der Waals surface area contributed by atoms with E-state index in [1.54, 1.807) is 0 Å². The second kappa shape index (κ2) is 5.80. The fourth-order valence-corrected chi connectivity index (χ4v) is 2.24. The fourth-order valence-electron chi connectivity index (χ4n) is 1.36. The molecule has 94 valence electrons. The molecule has 1 aliphatic rings. The van der Waals surface area contributed by atoms with Crippen LogP contribution in [0.5, 0.6) is 0 Å². The van der Waals surface area contributed by atoms with E-state index in [4.69, 9.17) is 14.9 Å². The molecule has 5 N–H and O–H groups in total. The minimum atomic E-state index is -1.46. The summed E-state index contributed by atoms with van der Waals surface area (Å²) in [5.74, 6) is -1.38. The molecule has 0 unspecified atom stereocenters. The van der Waals surface area contributed by atoms with E-state index in [1.807, 2.05) is 0 Å². The van der Waals surface area contributed by atoms with E-state index < -0.39 is 42.4 Å². The molecule has 1 saturated heterocycles. The second-order valence-corrected chi connectivity index (χ2v) is 4.49. The van der Waals surface area contributed by atoms with Crippen LogP contribution in [0.15, 0.2) is 0 Å². The smallest absolute Gasteiger partial charge is 0.313 e. The van der Waals surface area contributed by atoms with Gasteiger partial charge in [0.15, 0.2) is 0 Å². The molecule has 8 heteroatoms. The van der Waals surface area contributed by atoms with Crippen molar-refractivity contribution in [3.8, 4) is 0 Å². The third-order valence-corrected chi connectivity index (χ3v) is 3.35. The Morgan fingerprint density at radius 2 is 1.81 bits per heavy atom. The number of carboxylic acids is 1. The minimum Gasteiger partial charge on any atom is -0.481 e. The van der Waals surface area contributed by atoms with Gasteiger partial charge in [0.05, 0.1) is 12.4 Å². The topological polar surface area (TPSA) is 127 Å². The molecule has 16 heavy (non-hydrogen) atoms. The second-order valence-electron chi connectivity index (χ2n) is 3.40. The number of hydrogen-bond acceptors (Lipinski definition) is 7. The van der Waals surface area contributed by atoms with E-state index in [2.05, 4.69) is 0 Å². The van der Waals surface area contributed by atoms with Gasteiger partial charge in [-0.15, -0.1) is 11.8 Å². The lowest BCUT2D eigenvalue weighted by molar-refractivity contribution is -0.205. The summed E-state index contributed by atoms with van der Waals surface area (Å²) in [4.78, 5) is 10.3. The highest BCUT2D eigenvalue weighted by atomic mass is 32.2. The Hall–Kier alpha value is -0.380. The molecule has 0 aromatic rings. The van der Waals surface area contributed by atoms with Gasteiger partial charge < -0.3 is 30.3 Å². The predicted octanol–water partition coefficient (Wildman–Crippen LogP) is -2.40. The Bertz CT molecular complexity index is 247. The summed E-state index contributed by atoms with van der Waals surface area (Å²) in [6.07, 6.45) is -5.26. The quantitative estimate of drug-likeness (QED) is 0.376. The minimum absolute atomic E-state index is 0.303. The molecule has 1 fully saturated rings. The van der Waals surface area contributed by atoms with Gasteiger partial charge in [0.1, 0.15) is 29.9 Å². The van der Waals surface area contributed by atoms with Crippen LogP contribution in [-0.4, -0.2) is 73.7 Å². The number of carbonyl (C=O) groups is 1. The molecule has 7 nitrogen and oxygen atoms in total. The molecule has 0 bridgehead atoms. The third kappa shape index (κ3) is 3.06. The third-order valence-electron chi connectivity index (χ3n) is 2.22. The highest BCUT2D eigenvalue weighted by Gasteiger charge is 2.43. The van der Waals surface area contributed by atoms with Crippen LogP contribution in [0.2, 0.25) is 0 Å². The first kappa shape index (κ1) is 13.7. The van der Waals surface area contributed by atoms with Crippen molar-refractivity contribution in [2.24, 2.45) is 0 Å². The van der Waals surface area contributed by atoms with Crippen molar-refractivity contribution in [2.75, 3.05) is 12.4 Å². The van der Waals surface area contributed by atoms with Gasteiger partial charge in [-0.05, 0) is 0 Å². The Morgan fingerprint density at radius 3 is 2.31 bits per heavy atom. The summed E-state index contributed by atoms with van der Waals surface area (Å²) >= 11 is 0.784. The zero-order chi connectivity index (χ0) is 12.3. The van der Waals surface area contributed by atoms with E-state index in [-0.39, 0.29) is 5.75 Å². The summed E-state index contributed by atoms with van der Waals surface area (Å²) in [5.41, 5.74) is -0.980. The monoisotopic (exact) mass is 254 g/mol. The number of rotatable bonds is 4. The SMILES string of the molecule is O=C(O)CS[C@H]1O[C@H](CO)[C@@H](O)[C@H](O)[C@@H]1O. The summed E-state index contributed by atoms with van der Waals surface area (Å²) in [6, 6.07) is 0. The average molecular weight is 254 g/mol. The molecule has 0 saturated carbocycles. The normalized spacial score (nSPS) is 39.6. The number of aliphatic carboxylic acids is 1. The van der Waals surface area contributed by atoms with Crippen LogP contribution in [0.4, 0.5) is 0 Å². The number of thioether (sulfide) groups is 1. The number of hydrogen-bond donors (Lipinski definition) is 5. The molecule has 1 aliphatic heterocycles. The molecule has 0 spiro atoms. The predicted molar refractivity (Wildman–Crippen MR) is 53.9 cm³/mol.